The lowest BCUT2D eigenvalue weighted by atomic mass is 9.97. The van der Waals surface area contributed by atoms with Gasteiger partial charge in [-0.05, 0) is 25.7 Å². The van der Waals surface area contributed by atoms with Gasteiger partial charge in [0.2, 0.25) is 0 Å². The summed E-state index contributed by atoms with van der Waals surface area (Å²) in [4.78, 5) is 4.39. The summed E-state index contributed by atoms with van der Waals surface area (Å²) in [7, 11) is -3.05. The van der Waals surface area contributed by atoms with Crippen molar-refractivity contribution in [3.8, 4) is 0 Å². The molecule has 2 unspecified atom stereocenters. The molecule has 2 aliphatic heterocycles. The number of nitrogens with zero attached hydrogens (tertiary/aromatic N) is 2. The van der Waals surface area contributed by atoms with E-state index in [1.54, 1.807) is 6.20 Å². The van der Waals surface area contributed by atoms with Crippen LogP contribution in [-0.4, -0.2) is 35.4 Å². The minimum Gasteiger partial charge on any atom is -0.396 e. The third-order valence-corrected chi connectivity index (χ3v) is 6.53. The van der Waals surface area contributed by atoms with Crippen LogP contribution in [0.4, 0.5) is 0 Å². The van der Waals surface area contributed by atoms with Crippen molar-refractivity contribution in [1.82, 2.24) is 9.55 Å². The summed E-state index contributed by atoms with van der Waals surface area (Å²) < 4.78 is 26.5. The van der Waals surface area contributed by atoms with Crippen LogP contribution in [0.25, 0.3) is 0 Å². The number of aromatic nitrogens is 2. The van der Waals surface area contributed by atoms with Crippen LogP contribution in [0.3, 0.4) is 0 Å². The average Bonchev–Trinajstić information content (AvgIpc) is 2.82. The standard InChI is InChI=1S/C13H20N2O3S/c16-9-10-4-3-6-15-11(10)8-14-13(15)12-5-1-2-7-19(12,17)18/h8,10,12,16H,1-7,9H2. The molecule has 2 atom stereocenters. The fourth-order valence-corrected chi connectivity index (χ4v) is 5.23. The summed E-state index contributed by atoms with van der Waals surface area (Å²) in [6.45, 7) is 0.940. The molecule has 0 saturated carbocycles. The lowest BCUT2D eigenvalue weighted by molar-refractivity contribution is 0.240. The molecule has 1 saturated heterocycles. The van der Waals surface area contributed by atoms with Crippen molar-refractivity contribution in [2.75, 3.05) is 12.4 Å². The van der Waals surface area contributed by atoms with Gasteiger partial charge in [0.05, 0.1) is 12.4 Å². The second kappa shape index (κ2) is 4.90. The van der Waals surface area contributed by atoms with Crippen molar-refractivity contribution in [3.05, 3.63) is 17.7 Å². The molecule has 106 valence electrons. The molecule has 0 radical (unpaired) electrons. The molecule has 5 nitrogen and oxygen atoms in total. The fraction of sp³-hybridized carbons (Fsp3) is 0.769. The molecule has 19 heavy (non-hydrogen) atoms. The first-order valence-electron chi connectivity index (χ1n) is 7.01. The molecule has 6 heteroatoms. The van der Waals surface area contributed by atoms with Gasteiger partial charge in [-0.25, -0.2) is 13.4 Å². The summed E-state index contributed by atoms with van der Waals surface area (Å²) in [5.41, 5.74) is 1.00. The average molecular weight is 284 g/mol. The van der Waals surface area contributed by atoms with Gasteiger partial charge in [-0.2, -0.15) is 0 Å². The van der Waals surface area contributed by atoms with E-state index < -0.39 is 15.1 Å². The van der Waals surface area contributed by atoms with E-state index in [4.69, 9.17) is 0 Å². The van der Waals surface area contributed by atoms with Crippen LogP contribution in [-0.2, 0) is 16.4 Å². The van der Waals surface area contributed by atoms with Crippen molar-refractivity contribution < 1.29 is 13.5 Å². The molecule has 0 amide bonds. The third kappa shape index (κ3) is 2.21. The first-order chi connectivity index (χ1) is 9.13. The highest BCUT2D eigenvalue weighted by atomic mass is 32.2. The predicted octanol–water partition coefficient (Wildman–Crippen LogP) is 1.39. The van der Waals surface area contributed by atoms with Crippen LogP contribution in [0, 0.1) is 0 Å². The van der Waals surface area contributed by atoms with Gasteiger partial charge in [0.25, 0.3) is 0 Å². The van der Waals surface area contributed by atoms with Gasteiger partial charge in [-0.1, -0.05) is 6.42 Å². The largest absolute Gasteiger partial charge is 0.396 e. The number of imidazole rings is 1. The van der Waals surface area contributed by atoms with Crippen molar-refractivity contribution in [1.29, 1.82) is 0 Å². The molecular formula is C13H20N2O3S. The van der Waals surface area contributed by atoms with Crippen LogP contribution in [0.2, 0.25) is 0 Å². The smallest absolute Gasteiger partial charge is 0.160 e. The maximum absolute atomic E-state index is 12.2. The van der Waals surface area contributed by atoms with E-state index >= 15 is 0 Å². The molecule has 0 aromatic carbocycles. The number of hydrogen-bond donors (Lipinski definition) is 1. The molecule has 1 aromatic heterocycles. The van der Waals surface area contributed by atoms with E-state index in [0.717, 1.165) is 37.9 Å². The van der Waals surface area contributed by atoms with Gasteiger partial charge in [0, 0.05) is 24.4 Å². The Morgan fingerprint density at radius 2 is 2.16 bits per heavy atom. The third-order valence-electron chi connectivity index (χ3n) is 4.36. The molecule has 3 rings (SSSR count). The minimum atomic E-state index is -3.05. The Bertz CT molecular complexity index is 564. The van der Waals surface area contributed by atoms with Crippen LogP contribution < -0.4 is 0 Å². The van der Waals surface area contributed by atoms with Crippen molar-refractivity contribution in [3.63, 3.8) is 0 Å². The maximum atomic E-state index is 12.2. The summed E-state index contributed by atoms with van der Waals surface area (Å²) >= 11 is 0. The monoisotopic (exact) mass is 284 g/mol. The fourth-order valence-electron chi connectivity index (χ4n) is 3.30. The zero-order valence-corrected chi connectivity index (χ0v) is 11.8. The Morgan fingerprint density at radius 3 is 2.89 bits per heavy atom. The molecule has 0 aliphatic carbocycles. The number of fused-ring (bicyclic) bond motifs is 1. The number of aliphatic hydroxyl groups excluding tert-OH is 1. The van der Waals surface area contributed by atoms with Crippen LogP contribution in [0.5, 0.6) is 0 Å². The molecule has 1 N–H and O–H groups in total. The normalized spacial score (nSPS) is 29.9. The van der Waals surface area contributed by atoms with Crippen molar-refractivity contribution >= 4 is 9.84 Å². The number of hydrogen-bond acceptors (Lipinski definition) is 4. The van der Waals surface area contributed by atoms with Crippen LogP contribution in [0.15, 0.2) is 6.20 Å². The van der Waals surface area contributed by atoms with Gasteiger partial charge >= 0.3 is 0 Å². The lowest BCUT2D eigenvalue weighted by Gasteiger charge is -2.27. The predicted molar refractivity (Wildman–Crippen MR) is 71.7 cm³/mol. The summed E-state index contributed by atoms with van der Waals surface area (Å²) in [6, 6.07) is 0. The van der Waals surface area contributed by atoms with Gasteiger partial charge in [-0.15, -0.1) is 0 Å². The SMILES string of the molecule is O=S1(=O)CCCCC1c1ncc2n1CCCC2CO. The van der Waals surface area contributed by atoms with Crippen molar-refractivity contribution in [2.45, 2.75) is 49.8 Å². The van der Waals surface area contributed by atoms with E-state index in [2.05, 4.69) is 4.98 Å². The minimum absolute atomic E-state index is 0.112. The first-order valence-corrected chi connectivity index (χ1v) is 8.73. The van der Waals surface area contributed by atoms with Crippen LogP contribution in [0.1, 0.15) is 54.8 Å². The van der Waals surface area contributed by atoms with E-state index in [1.165, 1.54) is 0 Å². The Hall–Kier alpha value is -0.880. The molecule has 2 aliphatic rings. The Balaban J connectivity index is 2.00. The summed E-state index contributed by atoms with van der Waals surface area (Å²) in [6.07, 6.45) is 6.11. The van der Waals surface area contributed by atoms with E-state index in [1.807, 2.05) is 4.57 Å². The highest BCUT2D eigenvalue weighted by Gasteiger charge is 2.35. The lowest BCUT2D eigenvalue weighted by Crippen LogP contribution is -2.27. The molecule has 0 bridgehead atoms. The molecule has 1 fully saturated rings. The maximum Gasteiger partial charge on any atom is 0.160 e. The Morgan fingerprint density at radius 1 is 1.32 bits per heavy atom. The summed E-state index contributed by atoms with van der Waals surface area (Å²) in [5, 5.41) is 8.96. The van der Waals surface area contributed by atoms with E-state index in [-0.39, 0.29) is 18.3 Å². The highest BCUT2D eigenvalue weighted by Crippen LogP contribution is 2.36. The second-order valence-electron chi connectivity index (χ2n) is 5.57. The van der Waals surface area contributed by atoms with Gasteiger partial charge in [0.15, 0.2) is 9.84 Å². The zero-order chi connectivity index (χ0) is 13.5. The van der Waals surface area contributed by atoms with Crippen LogP contribution >= 0.6 is 0 Å². The van der Waals surface area contributed by atoms with E-state index in [9.17, 15) is 13.5 Å². The van der Waals surface area contributed by atoms with Gasteiger partial charge in [0.1, 0.15) is 11.1 Å². The van der Waals surface area contributed by atoms with Gasteiger partial charge in [-0.3, -0.25) is 0 Å². The molecule has 3 heterocycles. The molecular weight excluding hydrogens is 264 g/mol. The number of rotatable bonds is 2. The topological polar surface area (TPSA) is 72.2 Å². The zero-order valence-electron chi connectivity index (χ0n) is 11.0. The highest BCUT2D eigenvalue weighted by molar-refractivity contribution is 7.91. The first kappa shape index (κ1) is 13.1. The van der Waals surface area contributed by atoms with Gasteiger partial charge < -0.3 is 9.67 Å². The number of aliphatic hydroxyl groups is 1. The second-order valence-corrected chi connectivity index (χ2v) is 7.87. The summed E-state index contributed by atoms with van der Waals surface area (Å²) in [5.74, 6) is 1.10. The Labute approximate surface area is 113 Å². The number of sulfone groups is 1. The molecule has 1 aromatic rings. The molecule has 0 spiro atoms. The Kier molecular flexibility index (Phi) is 3.39. The van der Waals surface area contributed by atoms with Crippen molar-refractivity contribution in [2.24, 2.45) is 0 Å². The quantitative estimate of drug-likeness (QED) is 0.891. The van der Waals surface area contributed by atoms with E-state index in [0.29, 0.717) is 12.2 Å².